The lowest BCUT2D eigenvalue weighted by atomic mass is 10.2. The maximum atomic E-state index is 10.8. The molecule has 0 bridgehead atoms. The highest BCUT2D eigenvalue weighted by Gasteiger charge is 2.11. The van der Waals surface area contributed by atoms with E-state index in [2.05, 4.69) is 22.1 Å². The maximum Gasteiger partial charge on any atom is 0.354 e. The summed E-state index contributed by atoms with van der Waals surface area (Å²) in [6, 6.07) is 0. The number of aromatic carboxylic acids is 1. The highest BCUT2D eigenvalue weighted by atomic mass is 16.5. The summed E-state index contributed by atoms with van der Waals surface area (Å²) in [4.78, 5) is 10.8. The third kappa shape index (κ3) is 4.80. The summed E-state index contributed by atoms with van der Waals surface area (Å²) in [6.07, 6.45) is 4.15. The van der Waals surface area contributed by atoms with Crippen LogP contribution in [0.4, 0.5) is 0 Å². The Balaban J connectivity index is 2.15. The molecule has 0 saturated carbocycles. The molecular formula is C11H17N3O3. The summed E-state index contributed by atoms with van der Waals surface area (Å²) in [5.41, 5.74) is 0.772. The van der Waals surface area contributed by atoms with Gasteiger partial charge in [0.05, 0.1) is 19.4 Å². The normalized spacial score (nSPS) is 10.4. The number of hydrogen-bond donors (Lipinski definition) is 3. The van der Waals surface area contributed by atoms with E-state index < -0.39 is 5.97 Å². The van der Waals surface area contributed by atoms with Gasteiger partial charge in [0.1, 0.15) is 5.69 Å². The molecule has 3 N–H and O–H groups in total. The lowest BCUT2D eigenvalue weighted by molar-refractivity contribution is 0.0689. The van der Waals surface area contributed by atoms with Gasteiger partial charge in [-0.3, -0.25) is 5.10 Å². The first-order chi connectivity index (χ1) is 8.25. The topological polar surface area (TPSA) is 87.2 Å². The van der Waals surface area contributed by atoms with Crippen LogP contribution in [0, 0.1) is 0 Å². The van der Waals surface area contributed by atoms with Gasteiger partial charge in [0.15, 0.2) is 0 Å². The first-order valence-electron chi connectivity index (χ1n) is 5.40. The zero-order valence-electron chi connectivity index (χ0n) is 9.61. The Kier molecular flexibility index (Phi) is 5.98. The highest BCUT2D eigenvalue weighted by molar-refractivity contribution is 5.86. The smallest absolute Gasteiger partial charge is 0.354 e. The van der Waals surface area contributed by atoms with E-state index in [0.29, 0.717) is 31.9 Å². The van der Waals surface area contributed by atoms with Gasteiger partial charge in [-0.25, -0.2) is 4.79 Å². The van der Waals surface area contributed by atoms with Gasteiger partial charge < -0.3 is 15.2 Å². The summed E-state index contributed by atoms with van der Waals surface area (Å²) >= 11 is 0. The number of rotatable bonds is 9. The Morgan fingerprint density at radius 2 is 2.47 bits per heavy atom. The van der Waals surface area contributed by atoms with Gasteiger partial charge in [0.2, 0.25) is 0 Å². The molecule has 0 fully saturated rings. The van der Waals surface area contributed by atoms with E-state index in [9.17, 15) is 4.79 Å². The van der Waals surface area contributed by atoms with Crippen molar-refractivity contribution in [3.8, 4) is 0 Å². The van der Waals surface area contributed by atoms with Crippen LogP contribution in [0.1, 0.15) is 22.5 Å². The summed E-state index contributed by atoms with van der Waals surface area (Å²) in [7, 11) is 0. The molecular weight excluding hydrogens is 222 g/mol. The lowest BCUT2D eigenvalue weighted by Crippen LogP contribution is -2.20. The molecule has 6 nitrogen and oxygen atoms in total. The second-order valence-electron chi connectivity index (χ2n) is 3.44. The van der Waals surface area contributed by atoms with Crippen LogP contribution in [0.3, 0.4) is 0 Å². The lowest BCUT2D eigenvalue weighted by Gasteiger charge is -2.04. The van der Waals surface area contributed by atoms with E-state index in [1.165, 1.54) is 6.20 Å². The van der Waals surface area contributed by atoms with Gasteiger partial charge in [-0.1, -0.05) is 6.08 Å². The van der Waals surface area contributed by atoms with Crippen LogP contribution in [0.5, 0.6) is 0 Å². The van der Waals surface area contributed by atoms with E-state index in [-0.39, 0.29) is 5.69 Å². The van der Waals surface area contributed by atoms with Crippen molar-refractivity contribution in [3.05, 3.63) is 30.1 Å². The molecule has 6 heteroatoms. The van der Waals surface area contributed by atoms with Crippen molar-refractivity contribution < 1.29 is 14.6 Å². The zero-order chi connectivity index (χ0) is 12.5. The fraction of sp³-hybridized carbons (Fsp3) is 0.455. The minimum atomic E-state index is -0.999. The fourth-order valence-electron chi connectivity index (χ4n) is 1.27. The second-order valence-corrected chi connectivity index (χ2v) is 3.44. The van der Waals surface area contributed by atoms with Gasteiger partial charge in [-0.15, -0.1) is 6.58 Å². The van der Waals surface area contributed by atoms with Crippen molar-refractivity contribution in [2.75, 3.05) is 19.8 Å². The molecule has 1 rings (SSSR count). The Morgan fingerprint density at radius 3 is 3.18 bits per heavy atom. The molecule has 94 valence electrons. The number of nitrogens with one attached hydrogen (secondary N) is 2. The monoisotopic (exact) mass is 239 g/mol. The predicted octanol–water partition coefficient (Wildman–Crippen LogP) is 0.790. The summed E-state index contributed by atoms with van der Waals surface area (Å²) in [5, 5.41) is 18.0. The highest BCUT2D eigenvalue weighted by Crippen LogP contribution is 2.03. The van der Waals surface area contributed by atoms with Crippen molar-refractivity contribution in [2.45, 2.75) is 13.0 Å². The van der Waals surface area contributed by atoms with E-state index in [1.807, 2.05) is 0 Å². The molecule has 1 aromatic heterocycles. The van der Waals surface area contributed by atoms with E-state index in [1.54, 1.807) is 6.08 Å². The number of hydrogen-bond acceptors (Lipinski definition) is 4. The first-order valence-corrected chi connectivity index (χ1v) is 5.40. The fourth-order valence-corrected chi connectivity index (χ4v) is 1.27. The van der Waals surface area contributed by atoms with E-state index >= 15 is 0 Å². The summed E-state index contributed by atoms with van der Waals surface area (Å²) in [6.45, 7) is 5.98. The molecule has 1 heterocycles. The quantitative estimate of drug-likeness (QED) is 0.438. The average molecular weight is 239 g/mol. The number of aromatic nitrogens is 2. The van der Waals surface area contributed by atoms with Crippen molar-refractivity contribution in [3.63, 3.8) is 0 Å². The molecule has 17 heavy (non-hydrogen) atoms. The molecule has 1 aromatic rings. The van der Waals surface area contributed by atoms with Crippen LogP contribution in [0.2, 0.25) is 0 Å². The number of carboxylic acid groups (broad SMARTS) is 1. The SMILES string of the molecule is C=CCCOCCNCc1cn[nH]c1C(=O)O. The van der Waals surface area contributed by atoms with Crippen molar-refractivity contribution >= 4 is 5.97 Å². The largest absolute Gasteiger partial charge is 0.477 e. The third-order valence-corrected chi connectivity index (χ3v) is 2.14. The molecule has 0 aromatic carbocycles. The van der Waals surface area contributed by atoms with Crippen LogP contribution < -0.4 is 5.32 Å². The molecule has 0 aliphatic heterocycles. The number of aromatic amines is 1. The Morgan fingerprint density at radius 1 is 1.65 bits per heavy atom. The molecule has 0 amide bonds. The van der Waals surface area contributed by atoms with Crippen LogP contribution in [0.25, 0.3) is 0 Å². The van der Waals surface area contributed by atoms with Crippen LogP contribution in [0.15, 0.2) is 18.9 Å². The maximum absolute atomic E-state index is 10.8. The van der Waals surface area contributed by atoms with Gasteiger partial charge in [-0.2, -0.15) is 5.10 Å². The Hall–Kier alpha value is -1.66. The van der Waals surface area contributed by atoms with Crippen LogP contribution >= 0.6 is 0 Å². The Labute approximate surface area is 99.7 Å². The Bertz CT molecular complexity index is 363. The summed E-state index contributed by atoms with van der Waals surface area (Å²) < 4.78 is 5.30. The number of carboxylic acids is 1. The average Bonchev–Trinajstić information content (AvgIpc) is 2.76. The molecule has 0 spiro atoms. The zero-order valence-corrected chi connectivity index (χ0v) is 9.61. The molecule has 0 aliphatic carbocycles. The van der Waals surface area contributed by atoms with E-state index in [4.69, 9.17) is 9.84 Å². The summed E-state index contributed by atoms with van der Waals surface area (Å²) in [5.74, 6) is -0.999. The number of nitrogens with zero attached hydrogens (tertiary/aromatic N) is 1. The number of ether oxygens (including phenoxy) is 1. The predicted molar refractivity (Wildman–Crippen MR) is 62.9 cm³/mol. The minimum absolute atomic E-state index is 0.130. The van der Waals surface area contributed by atoms with Gasteiger partial charge >= 0.3 is 5.97 Å². The molecule has 0 aliphatic rings. The molecule has 0 saturated heterocycles. The first kappa shape index (κ1) is 13.4. The van der Waals surface area contributed by atoms with Crippen LogP contribution in [-0.2, 0) is 11.3 Å². The standard InChI is InChI=1S/C11H17N3O3/c1-2-3-5-17-6-4-12-7-9-8-13-14-10(9)11(15)16/h2,8,12H,1,3-7H2,(H,13,14)(H,15,16). The van der Waals surface area contributed by atoms with Gasteiger partial charge in [0.25, 0.3) is 0 Å². The number of H-pyrrole nitrogens is 1. The number of carbonyl (C=O) groups is 1. The van der Waals surface area contributed by atoms with Crippen molar-refractivity contribution in [1.82, 2.24) is 15.5 Å². The molecule has 0 radical (unpaired) electrons. The van der Waals surface area contributed by atoms with Gasteiger partial charge in [0, 0.05) is 18.7 Å². The van der Waals surface area contributed by atoms with Crippen molar-refractivity contribution in [2.24, 2.45) is 0 Å². The third-order valence-electron chi connectivity index (χ3n) is 2.14. The second kappa shape index (κ2) is 7.59. The van der Waals surface area contributed by atoms with Crippen LogP contribution in [-0.4, -0.2) is 41.0 Å². The molecule has 0 atom stereocenters. The minimum Gasteiger partial charge on any atom is -0.477 e. The van der Waals surface area contributed by atoms with E-state index in [0.717, 1.165) is 6.42 Å². The van der Waals surface area contributed by atoms with Crippen molar-refractivity contribution in [1.29, 1.82) is 0 Å². The molecule has 0 unspecified atom stereocenters. The van der Waals surface area contributed by atoms with Gasteiger partial charge in [-0.05, 0) is 6.42 Å².